The lowest BCUT2D eigenvalue weighted by atomic mass is 9.86. The van der Waals surface area contributed by atoms with Crippen molar-refractivity contribution in [3.05, 3.63) is 65.7 Å². The molecule has 2 aromatic rings. The van der Waals surface area contributed by atoms with Gasteiger partial charge in [-0.3, -0.25) is 28.9 Å². The van der Waals surface area contributed by atoms with E-state index in [0.29, 0.717) is 38.9 Å². The summed E-state index contributed by atoms with van der Waals surface area (Å²) in [6.45, 7) is 5.11. The molecule has 2 aliphatic rings. The number of phenolic OH excluding ortho intramolecular Hbond substituents is 1. The van der Waals surface area contributed by atoms with Gasteiger partial charge >= 0.3 is 5.97 Å². The summed E-state index contributed by atoms with van der Waals surface area (Å²) in [7, 11) is 0. The molecule has 4 amide bonds. The molecule has 6 unspecified atom stereocenters. The molecular weight excluding hydrogens is 654 g/mol. The number of nitrogens with two attached hydrogens (primary N) is 2. The molecule has 2 heterocycles. The van der Waals surface area contributed by atoms with Crippen LogP contribution in [-0.4, -0.2) is 112 Å². The predicted octanol–water partition coefficient (Wildman–Crippen LogP) is 0.504. The normalized spacial score (nSPS) is 19.3. The van der Waals surface area contributed by atoms with Crippen LogP contribution in [0.2, 0.25) is 0 Å². The molecule has 2 aromatic carbocycles. The molecule has 51 heavy (non-hydrogen) atoms. The summed E-state index contributed by atoms with van der Waals surface area (Å²) in [4.78, 5) is 69.9. The predicted molar refractivity (Wildman–Crippen MR) is 191 cm³/mol. The van der Waals surface area contributed by atoms with Gasteiger partial charge in [0.25, 0.3) is 0 Å². The average Bonchev–Trinajstić information content (AvgIpc) is 3.08. The lowest BCUT2D eigenvalue weighted by molar-refractivity contribution is -0.159. The summed E-state index contributed by atoms with van der Waals surface area (Å²) in [5.74, 6) is -2.65. The number of phenols is 1. The number of carboxylic acid groups (broad SMARTS) is 1. The first-order valence-corrected chi connectivity index (χ1v) is 17.8. The number of fused-ring (bicyclic) bond motifs is 2. The monoisotopic (exact) mass is 707 g/mol. The number of nitrogens with zero attached hydrogens (tertiary/aromatic N) is 2. The molecule has 4 rings (SSSR count). The molecule has 0 saturated carbocycles. The van der Waals surface area contributed by atoms with Crippen molar-refractivity contribution in [1.29, 1.82) is 0 Å². The number of aromatic hydroxyl groups is 1. The van der Waals surface area contributed by atoms with Gasteiger partial charge in [-0.25, -0.2) is 0 Å². The fraction of sp³-hybridized carbons (Fsp3) is 0.541. The number of carbonyl (C=O) groups excluding carboxylic acids is 4. The van der Waals surface area contributed by atoms with E-state index in [2.05, 4.69) is 16.0 Å². The van der Waals surface area contributed by atoms with E-state index in [9.17, 15) is 34.2 Å². The zero-order valence-corrected chi connectivity index (χ0v) is 29.5. The first-order chi connectivity index (χ1) is 24.3. The quantitative estimate of drug-likeness (QED) is 0.100. The molecule has 0 aliphatic carbocycles. The average molecular weight is 708 g/mol. The van der Waals surface area contributed by atoms with Gasteiger partial charge in [-0.15, -0.1) is 0 Å². The molecule has 2 fully saturated rings. The molecule has 2 saturated heterocycles. The van der Waals surface area contributed by atoms with Crippen molar-refractivity contribution in [2.45, 2.75) is 95.0 Å². The summed E-state index contributed by atoms with van der Waals surface area (Å²) in [5.41, 5.74) is 13.5. The standard InChI is InChI=1S/C37H53N7O7/c1-23(2)16-31(35(49)40-30(10-6-7-15-38)37(51)44-26-19-27(44)21-43(20-26)22-33(46)47)42-36(50)32(18-24-8-4-3-5-9-24)41-34(48)29(39)17-25-11-13-28(45)14-12-25/h3-5,8-9,11-14,23,26-27,29-32,45H,6-7,10,15-22,38-39H2,1-2H3,(H,40,49)(H,41,48)(H,42,50)(H,46,47). The van der Waals surface area contributed by atoms with Crippen molar-refractivity contribution in [2.24, 2.45) is 17.4 Å². The maximum Gasteiger partial charge on any atom is 0.317 e. The summed E-state index contributed by atoms with van der Waals surface area (Å²) >= 11 is 0. The van der Waals surface area contributed by atoms with Gasteiger partial charge < -0.3 is 42.5 Å². The van der Waals surface area contributed by atoms with Crippen LogP contribution in [0, 0.1) is 5.92 Å². The van der Waals surface area contributed by atoms with Crippen molar-refractivity contribution in [2.75, 3.05) is 26.2 Å². The van der Waals surface area contributed by atoms with Gasteiger partial charge in [0.2, 0.25) is 23.6 Å². The van der Waals surface area contributed by atoms with E-state index < -0.39 is 47.9 Å². The number of nitrogens with one attached hydrogen (secondary N) is 3. The number of amides is 4. The van der Waals surface area contributed by atoms with Crippen LogP contribution in [0.1, 0.15) is 57.1 Å². The summed E-state index contributed by atoms with van der Waals surface area (Å²) < 4.78 is 0. The number of piperidine rings is 1. The van der Waals surface area contributed by atoms with E-state index in [0.717, 1.165) is 17.5 Å². The Labute approximate surface area is 299 Å². The van der Waals surface area contributed by atoms with Gasteiger partial charge in [0.1, 0.15) is 23.9 Å². The summed E-state index contributed by atoms with van der Waals surface area (Å²) in [6.07, 6.45) is 3.04. The van der Waals surface area contributed by atoms with Crippen LogP contribution in [0.25, 0.3) is 0 Å². The largest absolute Gasteiger partial charge is 0.508 e. The van der Waals surface area contributed by atoms with Crippen molar-refractivity contribution >= 4 is 29.6 Å². The maximum absolute atomic E-state index is 13.9. The van der Waals surface area contributed by atoms with Gasteiger partial charge in [0.05, 0.1) is 12.6 Å². The summed E-state index contributed by atoms with van der Waals surface area (Å²) in [6, 6.07) is 11.4. The van der Waals surface area contributed by atoms with Crippen molar-refractivity contribution < 1.29 is 34.2 Å². The molecule has 0 spiro atoms. The highest BCUT2D eigenvalue weighted by atomic mass is 16.4. The molecule has 2 aliphatic heterocycles. The Kier molecular flexibility index (Phi) is 14.3. The molecule has 278 valence electrons. The molecule has 0 radical (unpaired) electrons. The molecule has 6 atom stereocenters. The number of benzene rings is 2. The topological polar surface area (TPSA) is 220 Å². The first kappa shape index (κ1) is 39.3. The summed E-state index contributed by atoms with van der Waals surface area (Å²) in [5, 5.41) is 27.4. The van der Waals surface area contributed by atoms with Crippen LogP contribution < -0.4 is 27.4 Å². The van der Waals surface area contributed by atoms with Crippen molar-refractivity contribution in [1.82, 2.24) is 25.8 Å². The van der Waals surface area contributed by atoms with Crippen LogP contribution in [0.3, 0.4) is 0 Å². The highest BCUT2D eigenvalue weighted by Gasteiger charge is 2.49. The second-order valence-electron chi connectivity index (χ2n) is 14.1. The Morgan fingerprint density at radius 3 is 2.00 bits per heavy atom. The molecule has 2 bridgehead atoms. The van der Waals surface area contributed by atoms with E-state index >= 15 is 0 Å². The fourth-order valence-corrected chi connectivity index (χ4v) is 6.87. The molecule has 14 heteroatoms. The van der Waals surface area contributed by atoms with E-state index in [1.807, 2.05) is 49.1 Å². The van der Waals surface area contributed by atoms with Crippen molar-refractivity contribution in [3.63, 3.8) is 0 Å². The van der Waals surface area contributed by atoms with Gasteiger partial charge in [0.15, 0.2) is 0 Å². The van der Waals surface area contributed by atoms with Crippen LogP contribution in [0.4, 0.5) is 0 Å². The molecule has 14 nitrogen and oxygen atoms in total. The zero-order chi connectivity index (χ0) is 37.1. The van der Waals surface area contributed by atoms with E-state index in [4.69, 9.17) is 11.5 Å². The number of unbranched alkanes of at least 4 members (excludes halogenated alkanes) is 1. The Balaban J connectivity index is 1.47. The number of hydrogen-bond donors (Lipinski definition) is 7. The number of piperazine rings is 1. The highest BCUT2D eigenvalue weighted by Crippen LogP contribution is 2.33. The SMILES string of the molecule is CC(C)CC(NC(=O)C(Cc1ccccc1)NC(=O)C(N)Cc1ccc(O)cc1)C(=O)NC(CCCCN)C(=O)N1C2CC1CN(CC(=O)O)C2. The van der Waals surface area contributed by atoms with Crippen molar-refractivity contribution in [3.8, 4) is 5.75 Å². The number of rotatable bonds is 19. The van der Waals surface area contributed by atoms with Crippen LogP contribution in [0.15, 0.2) is 54.6 Å². The van der Waals surface area contributed by atoms with Gasteiger partial charge in [-0.1, -0.05) is 56.3 Å². The number of aliphatic carboxylic acids is 1. The molecule has 0 aromatic heterocycles. The molecular formula is C37H53N7O7. The number of likely N-dealkylation sites (tertiary alicyclic amines) is 2. The van der Waals surface area contributed by atoms with E-state index in [1.165, 1.54) is 12.1 Å². The Bertz CT molecular complexity index is 1480. The first-order valence-electron chi connectivity index (χ1n) is 17.8. The lowest BCUT2D eigenvalue weighted by Crippen LogP contribution is -2.72. The number of carboxylic acids is 1. The third-order valence-electron chi connectivity index (χ3n) is 9.43. The Morgan fingerprint density at radius 2 is 1.39 bits per heavy atom. The Hall–Kier alpha value is -4.53. The lowest BCUT2D eigenvalue weighted by Gasteiger charge is -2.56. The fourth-order valence-electron chi connectivity index (χ4n) is 6.87. The minimum absolute atomic E-state index is 0.00305. The second-order valence-corrected chi connectivity index (χ2v) is 14.1. The highest BCUT2D eigenvalue weighted by molar-refractivity contribution is 5.95. The van der Waals surface area contributed by atoms with Crippen LogP contribution in [0.5, 0.6) is 5.75 Å². The minimum Gasteiger partial charge on any atom is -0.508 e. The van der Waals surface area contributed by atoms with Gasteiger partial charge in [-0.05, 0) is 74.2 Å². The zero-order valence-electron chi connectivity index (χ0n) is 29.5. The third-order valence-corrected chi connectivity index (χ3v) is 9.43. The van der Waals surface area contributed by atoms with Crippen LogP contribution >= 0.6 is 0 Å². The van der Waals surface area contributed by atoms with Crippen LogP contribution in [-0.2, 0) is 36.8 Å². The van der Waals surface area contributed by atoms with Gasteiger partial charge in [0, 0.05) is 31.6 Å². The smallest absolute Gasteiger partial charge is 0.317 e. The Morgan fingerprint density at radius 1 is 0.804 bits per heavy atom. The molecule has 9 N–H and O–H groups in total. The maximum atomic E-state index is 13.9. The minimum atomic E-state index is -1.05. The second kappa shape index (κ2) is 18.6. The number of hydrogen-bond acceptors (Lipinski definition) is 9. The third kappa shape index (κ3) is 11.5. The van der Waals surface area contributed by atoms with E-state index in [-0.39, 0.29) is 55.5 Å². The van der Waals surface area contributed by atoms with E-state index in [1.54, 1.807) is 17.0 Å². The van der Waals surface area contributed by atoms with Gasteiger partial charge in [-0.2, -0.15) is 0 Å². The number of carbonyl (C=O) groups is 5.